The van der Waals surface area contributed by atoms with Crippen molar-refractivity contribution >= 4 is 5.82 Å². The van der Waals surface area contributed by atoms with Crippen molar-refractivity contribution in [2.45, 2.75) is 56.8 Å². The van der Waals surface area contributed by atoms with Crippen molar-refractivity contribution in [3.8, 4) is 11.5 Å². The molecule has 148 valence electrons. The largest absolute Gasteiger partial charge is 0.356 e. The maximum absolute atomic E-state index is 5.48. The summed E-state index contributed by atoms with van der Waals surface area (Å²) < 4.78 is 5.48. The van der Waals surface area contributed by atoms with Gasteiger partial charge in [0.1, 0.15) is 11.5 Å². The standard InChI is InChI=1S/C22H24N6O/c1-2-11-23-18(5-1)20-24-17-6-3-4-16(17)21(25-20)28-12-9-14(10-13-28)19-26-22(29-27-19)15-7-8-15/h1-2,5,11,14-15H,3-4,6-10,12-13H2. The van der Waals surface area contributed by atoms with E-state index in [9.17, 15) is 0 Å². The third-order valence-electron chi connectivity index (χ3n) is 6.35. The fourth-order valence-electron chi connectivity index (χ4n) is 4.54. The summed E-state index contributed by atoms with van der Waals surface area (Å²) in [6.45, 7) is 1.92. The van der Waals surface area contributed by atoms with Crippen LogP contribution in [-0.2, 0) is 12.8 Å². The molecule has 7 heteroatoms. The minimum Gasteiger partial charge on any atom is -0.356 e. The maximum atomic E-state index is 5.48. The average molecular weight is 388 g/mol. The average Bonchev–Trinajstić information content (AvgIpc) is 3.31. The third kappa shape index (κ3) is 3.18. The number of aromatic nitrogens is 5. The van der Waals surface area contributed by atoms with Crippen molar-refractivity contribution in [3.05, 3.63) is 47.4 Å². The van der Waals surface area contributed by atoms with Crippen LogP contribution in [0.2, 0.25) is 0 Å². The minimum absolute atomic E-state index is 0.382. The zero-order valence-corrected chi connectivity index (χ0v) is 16.4. The van der Waals surface area contributed by atoms with Gasteiger partial charge in [-0.25, -0.2) is 9.97 Å². The van der Waals surface area contributed by atoms with Gasteiger partial charge in [-0.15, -0.1) is 0 Å². The molecule has 0 aromatic carbocycles. The molecule has 1 saturated carbocycles. The molecule has 0 atom stereocenters. The van der Waals surface area contributed by atoms with Gasteiger partial charge < -0.3 is 9.42 Å². The van der Waals surface area contributed by atoms with E-state index in [0.717, 1.165) is 74.2 Å². The number of fused-ring (bicyclic) bond motifs is 1. The molecule has 1 saturated heterocycles. The fraction of sp³-hybridized carbons (Fsp3) is 0.500. The van der Waals surface area contributed by atoms with Crippen LogP contribution in [0.25, 0.3) is 11.5 Å². The van der Waals surface area contributed by atoms with Gasteiger partial charge in [-0.3, -0.25) is 4.98 Å². The highest BCUT2D eigenvalue weighted by atomic mass is 16.5. The highest BCUT2D eigenvalue weighted by molar-refractivity contribution is 5.59. The Morgan fingerprint density at radius 3 is 2.62 bits per heavy atom. The van der Waals surface area contributed by atoms with E-state index < -0.39 is 0 Å². The lowest BCUT2D eigenvalue weighted by Gasteiger charge is -2.32. The van der Waals surface area contributed by atoms with Gasteiger partial charge in [0.15, 0.2) is 11.6 Å². The monoisotopic (exact) mass is 388 g/mol. The predicted octanol–water partition coefficient (Wildman–Crippen LogP) is 3.67. The molecule has 0 unspecified atom stereocenters. The summed E-state index contributed by atoms with van der Waals surface area (Å²) in [5.74, 6) is 4.50. The molecule has 1 aliphatic heterocycles. The van der Waals surface area contributed by atoms with Gasteiger partial charge in [-0.05, 0) is 57.1 Å². The Morgan fingerprint density at radius 2 is 1.83 bits per heavy atom. The first-order valence-electron chi connectivity index (χ1n) is 10.7. The number of piperidine rings is 1. The summed E-state index contributed by atoms with van der Waals surface area (Å²) in [6.07, 6.45) is 9.51. The number of hydrogen-bond acceptors (Lipinski definition) is 7. The van der Waals surface area contributed by atoms with E-state index in [0.29, 0.717) is 11.8 Å². The SMILES string of the molecule is c1ccc(-c2nc3c(c(N4CCC(c5noc(C6CC6)n5)CC4)n2)CCC3)nc1. The van der Waals surface area contributed by atoms with E-state index in [-0.39, 0.29) is 0 Å². The predicted molar refractivity (Wildman–Crippen MR) is 108 cm³/mol. The highest BCUT2D eigenvalue weighted by Gasteiger charge is 2.33. The smallest absolute Gasteiger partial charge is 0.229 e. The van der Waals surface area contributed by atoms with Gasteiger partial charge in [-0.1, -0.05) is 11.2 Å². The molecule has 3 aliphatic rings. The molecule has 2 fully saturated rings. The summed E-state index contributed by atoms with van der Waals surface area (Å²) in [6, 6.07) is 5.90. The molecule has 0 N–H and O–H groups in total. The summed E-state index contributed by atoms with van der Waals surface area (Å²) in [7, 11) is 0. The van der Waals surface area contributed by atoms with Crippen LogP contribution in [-0.4, -0.2) is 38.2 Å². The van der Waals surface area contributed by atoms with E-state index in [1.165, 1.54) is 24.1 Å². The van der Waals surface area contributed by atoms with E-state index in [4.69, 9.17) is 14.5 Å². The molecule has 3 aromatic heterocycles. The minimum atomic E-state index is 0.382. The molecule has 29 heavy (non-hydrogen) atoms. The van der Waals surface area contributed by atoms with Gasteiger partial charge in [0.05, 0.1) is 0 Å². The number of anilines is 1. The van der Waals surface area contributed by atoms with Crippen LogP contribution < -0.4 is 4.90 Å². The number of rotatable bonds is 4. The Hall–Kier alpha value is -2.83. The molecule has 4 heterocycles. The molecular weight excluding hydrogens is 364 g/mol. The van der Waals surface area contributed by atoms with Crippen LogP contribution >= 0.6 is 0 Å². The lowest BCUT2D eigenvalue weighted by atomic mass is 9.96. The number of aryl methyl sites for hydroxylation is 1. The van der Waals surface area contributed by atoms with E-state index in [1.54, 1.807) is 6.20 Å². The van der Waals surface area contributed by atoms with E-state index >= 15 is 0 Å². The van der Waals surface area contributed by atoms with Crippen LogP contribution in [0.4, 0.5) is 5.82 Å². The second kappa shape index (κ2) is 6.90. The Labute approximate surface area is 169 Å². The second-order valence-corrected chi connectivity index (χ2v) is 8.39. The quantitative estimate of drug-likeness (QED) is 0.674. The summed E-state index contributed by atoms with van der Waals surface area (Å²) >= 11 is 0. The highest BCUT2D eigenvalue weighted by Crippen LogP contribution is 2.40. The van der Waals surface area contributed by atoms with Crippen LogP contribution in [0.1, 0.15) is 66.9 Å². The molecule has 7 nitrogen and oxygen atoms in total. The molecule has 0 amide bonds. The van der Waals surface area contributed by atoms with Crippen LogP contribution in [0.5, 0.6) is 0 Å². The van der Waals surface area contributed by atoms with Gasteiger partial charge in [-0.2, -0.15) is 4.98 Å². The Bertz CT molecular complexity index is 1020. The zero-order valence-electron chi connectivity index (χ0n) is 16.4. The third-order valence-corrected chi connectivity index (χ3v) is 6.35. The van der Waals surface area contributed by atoms with Crippen LogP contribution in [0.3, 0.4) is 0 Å². The molecule has 6 rings (SSSR count). The topological polar surface area (TPSA) is 80.8 Å². The molecule has 0 radical (unpaired) electrons. The maximum Gasteiger partial charge on any atom is 0.229 e. The summed E-state index contributed by atoms with van der Waals surface area (Å²) in [5, 5.41) is 4.27. The van der Waals surface area contributed by atoms with Gasteiger partial charge >= 0.3 is 0 Å². The van der Waals surface area contributed by atoms with Crippen LogP contribution in [0, 0.1) is 0 Å². The lowest BCUT2D eigenvalue weighted by molar-refractivity contribution is 0.364. The molecular formula is C22H24N6O. The fourth-order valence-corrected chi connectivity index (χ4v) is 4.54. The normalized spacial score (nSPS) is 19.5. The summed E-state index contributed by atoms with van der Waals surface area (Å²) in [5.41, 5.74) is 3.38. The first-order valence-corrected chi connectivity index (χ1v) is 10.7. The molecule has 0 spiro atoms. The Morgan fingerprint density at radius 1 is 0.931 bits per heavy atom. The zero-order chi connectivity index (χ0) is 19.2. The molecule has 3 aromatic rings. The molecule has 0 bridgehead atoms. The van der Waals surface area contributed by atoms with Gasteiger partial charge in [0, 0.05) is 42.4 Å². The Kier molecular flexibility index (Phi) is 4.06. The van der Waals surface area contributed by atoms with Crippen molar-refractivity contribution in [2.75, 3.05) is 18.0 Å². The molecule has 2 aliphatic carbocycles. The first-order chi connectivity index (χ1) is 14.3. The van der Waals surface area contributed by atoms with Gasteiger partial charge in [0.25, 0.3) is 0 Å². The van der Waals surface area contributed by atoms with Crippen molar-refractivity contribution in [3.63, 3.8) is 0 Å². The summed E-state index contributed by atoms with van der Waals surface area (Å²) in [4.78, 5) is 21.4. The first kappa shape index (κ1) is 17.1. The van der Waals surface area contributed by atoms with Gasteiger partial charge in [0.2, 0.25) is 5.89 Å². The van der Waals surface area contributed by atoms with Crippen molar-refractivity contribution < 1.29 is 4.52 Å². The number of pyridine rings is 1. The van der Waals surface area contributed by atoms with Crippen molar-refractivity contribution in [2.24, 2.45) is 0 Å². The van der Waals surface area contributed by atoms with Crippen LogP contribution in [0.15, 0.2) is 28.9 Å². The van der Waals surface area contributed by atoms with Crippen molar-refractivity contribution in [1.82, 2.24) is 25.1 Å². The Balaban J connectivity index is 1.24. The number of hydrogen-bond donors (Lipinski definition) is 0. The number of nitrogens with zero attached hydrogens (tertiary/aromatic N) is 6. The lowest BCUT2D eigenvalue weighted by Crippen LogP contribution is -2.34. The van der Waals surface area contributed by atoms with E-state index in [1.807, 2.05) is 18.2 Å². The second-order valence-electron chi connectivity index (χ2n) is 8.39. The van der Waals surface area contributed by atoms with Crippen molar-refractivity contribution in [1.29, 1.82) is 0 Å². The van der Waals surface area contributed by atoms with E-state index in [2.05, 4.69) is 20.0 Å².